The van der Waals surface area contributed by atoms with Crippen LogP contribution < -0.4 is 11.1 Å². The van der Waals surface area contributed by atoms with Crippen LogP contribution in [0.15, 0.2) is 6.20 Å². The van der Waals surface area contributed by atoms with E-state index in [1.54, 1.807) is 13.8 Å². The fourth-order valence-electron chi connectivity index (χ4n) is 0.965. The van der Waals surface area contributed by atoms with E-state index in [1.165, 1.54) is 6.20 Å². The molecule has 0 aliphatic heterocycles. The first-order valence-corrected chi connectivity index (χ1v) is 4.48. The average Bonchev–Trinajstić information content (AvgIpc) is 2.20. The Morgan fingerprint density at radius 2 is 2.20 bits per heavy atom. The van der Waals surface area contributed by atoms with Crippen LogP contribution in [0.3, 0.4) is 0 Å². The van der Waals surface area contributed by atoms with Crippen molar-refractivity contribution in [2.75, 3.05) is 5.32 Å². The van der Waals surface area contributed by atoms with Gasteiger partial charge in [0.15, 0.2) is 0 Å². The van der Waals surface area contributed by atoms with Crippen molar-refractivity contribution in [3.8, 4) is 0 Å². The number of amides is 2. The number of anilines is 1. The molecule has 0 atom stereocenters. The van der Waals surface area contributed by atoms with Crippen molar-refractivity contribution in [3.05, 3.63) is 17.5 Å². The Morgan fingerprint density at radius 3 is 2.73 bits per heavy atom. The number of aryl methyl sites for hydroxylation is 1. The monoisotopic (exact) mass is 208 g/mol. The molecule has 3 N–H and O–H groups in total. The van der Waals surface area contributed by atoms with Crippen molar-refractivity contribution >= 4 is 17.8 Å². The molecule has 1 aromatic heterocycles. The molecule has 1 aromatic rings. The molecule has 2 amide bonds. The zero-order chi connectivity index (χ0) is 11.4. The molecule has 6 heteroatoms. The van der Waals surface area contributed by atoms with Gasteiger partial charge in [-0.05, 0) is 12.5 Å². The van der Waals surface area contributed by atoms with Crippen LogP contribution in [-0.4, -0.2) is 21.8 Å². The zero-order valence-corrected chi connectivity index (χ0v) is 8.57. The second-order valence-corrected chi connectivity index (χ2v) is 2.99. The quantitative estimate of drug-likeness (QED) is 0.742. The maximum absolute atomic E-state index is 11.0. The summed E-state index contributed by atoms with van der Waals surface area (Å²) in [6.07, 6.45) is 1.77. The SMILES string of the molecule is CCC(=O)Nc1ncc(C)c(C(N)=O)n1. The van der Waals surface area contributed by atoms with Gasteiger partial charge in [-0.25, -0.2) is 9.97 Å². The molecule has 0 radical (unpaired) electrons. The minimum atomic E-state index is -0.637. The van der Waals surface area contributed by atoms with Gasteiger partial charge in [-0.1, -0.05) is 6.92 Å². The lowest BCUT2D eigenvalue weighted by molar-refractivity contribution is -0.115. The zero-order valence-electron chi connectivity index (χ0n) is 8.57. The molecule has 0 saturated carbocycles. The van der Waals surface area contributed by atoms with E-state index in [9.17, 15) is 9.59 Å². The van der Waals surface area contributed by atoms with Gasteiger partial charge in [-0.2, -0.15) is 0 Å². The van der Waals surface area contributed by atoms with E-state index in [2.05, 4.69) is 15.3 Å². The van der Waals surface area contributed by atoms with Crippen molar-refractivity contribution in [3.63, 3.8) is 0 Å². The Bertz CT molecular complexity index is 403. The molecule has 0 bridgehead atoms. The smallest absolute Gasteiger partial charge is 0.267 e. The van der Waals surface area contributed by atoms with Gasteiger partial charge in [0.1, 0.15) is 5.69 Å². The Kier molecular flexibility index (Phi) is 3.33. The highest BCUT2D eigenvalue weighted by Gasteiger charge is 2.10. The Morgan fingerprint density at radius 1 is 1.53 bits per heavy atom. The number of carbonyl (C=O) groups excluding carboxylic acids is 2. The van der Waals surface area contributed by atoms with Gasteiger partial charge >= 0.3 is 0 Å². The maximum Gasteiger partial charge on any atom is 0.267 e. The molecule has 0 spiro atoms. The molecule has 0 saturated heterocycles. The standard InChI is InChI=1S/C9H12N4O2/c1-3-6(14)12-9-11-4-5(2)7(13-9)8(10)15/h4H,3H2,1-2H3,(H2,10,15)(H,11,12,13,14). The molecule has 1 heterocycles. The highest BCUT2D eigenvalue weighted by atomic mass is 16.2. The maximum atomic E-state index is 11.0. The molecule has 1 rings (SSSR count). The largest absolute Gasteiger partial charge is 0.364 e. The summed E-state index contributed by atoms with van der Waals surface area (Å²) in [6.45, 7) is 3.38. The number of primary amides is 1. The van der Waals surface area contributed by atoms with Gasteiger partial charge in [0.2, 0.25) is 11.9 Å². The Labute approximate surface area is 86.9 Å². The van der Waals surface area contributed by atoms with E-state index in [0.29, 0.717) is 12.0 Å². The average molecular weight is 208 g/mol. The predicted molar refractivity (Wildman–Crippen MR) is 54.2 cm³/mol. The normalized spacial score (nSPS) is 9.73. The summed E-state index contributed by atoms with van der Waals surface area (Å²) < 4.78 is 0. The molecule has 0 aliphatic rings. The highest BCUT2D eigenvalue weighted by molar-refractivity contribution is 5.93. The summed E-state index contributed by atoms with van der Waals surface area (Å²) in [4.78, 5) is 29.7. The molecule has 80 valence electrons. The number of aromatic nitrogens is 2. The number of carbonyl (C=O) groups is 2. The van der Waals surface area contributed by atoms with E-state index < -0.39 is 5.91 Å². The molecular weight excluding hydrogens is 196 g/mol. The molecule has 15 heavy (non-hydrogen) atoms. The third kappa shape index (κ3) is 2.73. The second-order valence-electron chi connectivity index (χ2n) is 2.99. The first kappa shape index (κ1) is 11.1. The van der Waals surface area contributed by atoms with Gasteiger partial charge in [0.25, 0.3) is 5.91 Å². The molecule has 6 nitrogen and oxygen atoms in total. The van der Waals surface area contributed by atoms with Crippen LogP contribution in [0.25, 0.3) is 0 Å². The van der Waals surface area contributed by atoms with E-state index in [1.807, 2.05) is 0 Å². The molecule has 0 fully saturated rings. The fraction of sp³-hybridized carbons (Fsp3) is 0.333. The summed E-state index contributed by atoms with van der Waals surface area (Å²) in [5.41, 5.74) is 5.81. The van der Waals surface area contributed by atoms with Crippen molar-refractivity contribution in [2.24, 2.45) is 5.73 Å². The third-order valence-corrected chi connectivity index (χ3v) is 1.78. The Hall–Kier alpha value is -1.98. The summed E-state index contributed by atoms with van der Waals surface area (Å²) in [5.74, 6) is -0.752. The van der Waals surface area contributed by atoms with Crippen LogP contribution in [0.4, 0.5) is 5.95 Å². The van der Waals surface area contributed by atoms with Crippen molar-refractivity contribution in [2.45, 2.75) is 20.3 Å². The molecular formula is C9H12N4O2. The van der Waals surface area contributed by atoms with Crippen molar-refractivity contribution in [1.82, 2.24) is 9.97 Å². The van der Waals surface area contributed by atoms with Crippen LogP contribution in [0, 0.1) is 6.92 Å². The van der Waals surface area contributed by atoms with Gasteiger partial charge < -0.3 is 5.73 Å². The van der Waals surface area contributed by atoms with E-state index >= 15 is 0 Å². The molecule has 0 unspecified atom stereocenters. The highest BCUT2D eigenvalue weighted by Crippen LogP contribution is 2.06. The lowest BCUT2D eigenvalue weighted by atomic mass is 10.2. The summed E-state index contributed by atoms with van der Waals surface area (Å²) >= 11 is 0. The van der Waals surface area contributed by atoms with Crippen molar-refractivity contribution < 1.29 is 9.59 Å². The lowest BCUT2D eigenvalue weighted by Gasteiger charge is -2.04. The van der Waals surface area contributed by atoms with Gasteiger partial charge in [-0.15, -0.1) is 0 Å². The fourth-order valence-corrected chi connectivity index (χ4v) is 0.965. The van der Waals surface area contributed by atoms with Gasteiger partial charge in [0.05, 0.1) is 0 Å². The molecule has 0 aliphatic carbocycles. The van der Waals surface area contributed by atoms with Gasteiger partial charge in [-0.3, -0.25) is 14.9 Å². The first-order valence-electron chi connectivity index (χ1n) is 4.48. The summed E-state index contributed by atoms with van der Waals surface area (Å²) in [5, 5.41) is 2.45. The third-order valence-electron chi connectivity index (χ3n) is 1.78. The van der Waals surface area contributed by atoms with Crippen LogP contribution in [0.5, 0.6) is 0 Å². The minimum absolute atomic E-state index is 0.0984. The number of hydrogen-bond donors (Lipinski definition) is 2. The number of nitrogens with one attached hydrogen (secondary N) is 1. The van der Waals surface area contributed by atoms with Crippen LogP contribution in [0.2, 0.25) is 0 Å². The number of rotatable bonds is 3. The first-order chi connectivity index (χ1) is 7.04. The number of nitrogens with two attached hydrogens (primary N) is 1. The topological polar surface area (TPSA) is 98.0 Å². The lowest BCUT2D eigenvalue weighted by Crippen LogP contribution is -2.18. The minimum Gasteiger partial charge on any atom is -0.364 e. The molecule has 0 aromatic carbocycles. The van der Waals surface area contributed by atoms with Crippen molar-refractivity contribution in [1.29, 1.82) is 0 Å². The Balaban J connectivity index is 2.97. The summed E-state index contributed by atoms with van der Waals surface area (Å²) in [7, 11) is 0. The summed E-state index contributed by atoms with van der Waals surface area (Å²) in [6, 6.07) is 0. The van der Waals surface area contributed by atoms with E-state index in [4.69, 9.17) is 5.73 Å². The number of hydrogen-bond acceptors (Lipinski definition) is 4. The second kappa shape index (κ2) is 4.50. The predicted octanol–water partition coefficient (Wildman–Crippen LogP) is 0.232. The van der Waals surface area contributed by atoms with Crippen LogP contribution in [0.1, 0.15) is 29.4 Å². The van der Waals surface area contributed by atoms with Crippen LogP contribution >= 0.6 is 0 Å². The van der Waals surface area contributed by atoms with E-state index in [0.717, 1.165) is 0 Å². The number of nitrogens with zero attached hydrogens (tertiary/aromatic N) is 2. The van der Waals surface area contributed by atoms with Gasteiger partial charge in [0, 0.05) is 12.6 Å². The van der Waals surface area contributed by atoms with Crippen LogP contribution in [-0.2, 0) is 4.79 Å². The van der Waals surface area contributed by atoms with E-state index in [-0.39, 0.29) is 17.5 Å².